The molecule has 3 aromatic rings. The Labute approximate surface area is 134 Å². The van der Waals surface area contributed by atoms with E-state index in [1.54, 1.807) is 25.6 Å². The Morgan fingerprint density at radius 1 is 1.17 bits per heavy atom. The van der Waals surface area contributed by atoms with E-state index in [2.05, 4.69) is 4.98 Å². The molecular formula is C19H18N2O2. The molecular weight excluding hydrogens is 288 g/mol. The van der Waals surface area contributed by atoms with Gasteiger partial charge in [-0.15, -0.1) is 0 Å². The van der Waals surface area contributed by atoms with Gasteiger partial charge < -0.3 is 10.5 Å². The summed E-state index contributed by atoms with van der Waals surface area (Å²) in [4.78, 5) is 17.1. The summed E-state index contributed by atoms with van der Waals surface area (Å²) in [5.41, 5.74) is 8.00. The molecule has 4 heteroatoms. The maximum absolute atomic E-state index is 13.0. The predicted molar refractivity (Wildman–Crippen MR) is 90.8 cm³/mol. The van der Waals surface area contributed by atoms with E-state index < -0.39 is 0 Å². The first-order valence-corrected chi connectivity index (χ1v) is 7.42. The first-order valence-electron chi connectivity index (χ1n) is 7.42. The molecule has 0 radical (unpaired) electrons. The summed E-state index contributed by atoms with van der Waals surface area (Å²) in [6.07, 6.45) is 3.44. The highest BCUT2D eigenvalue weighted by atomic mass is 16.5. The molecule has 1 heterocycles. The number of nitrogens with zero attached hydrogens (tertiary/aromatic N) is 1. The summed E-state index contributed by atoms with van der Waals surface area (Å²) in [6.45, 7) is 1.90. The van der Waals surface area contributed by atoms with Crippen LogP contribution in [0.3, 0.4) is 0 Å². The minimum absolute atomic E-state index is 0.0742. The number of methoxy groups -OCH3 is 1. The third kappa shape index (κ3) is 2.81. The zero-order valence-electron chi connectivity index (χ0n) is 13.1. The van der Waals surface area contributed by atoms with E-state index in [0.29, 0.717) is 16.9 Å². The van der Waals surface area contributed by atoms with Gasteiger partial charge in [0.2, 0.25) is 0 Å². The maximum Gasteiger partial charge on any atom is 0.197 e. The molecule has 4 nitrogen and oxygen atoms in total. The highest BCUT2D eigenvalue weighted by Crippen LogP contribution is 2.28. The highest BCUT2D eigenvalue weighted by Gasteiger charge is 2.17. The van der Waals surface area contributed by atoms with Crippen molar-refractivity contribution in [2.75, 3.05) is 7.11 Å². The Kier molecular flexibility index (Phi) is 4.08. The van der Waals surface area contributed by atoms with Crippen LogP contribution in [-0.4, -0.2) is 17.9 Å². The second kappa shape index (κ2) is 6.18. The van der Waals surface area contributed by atoms with Crippen LogP contribution in [0.1, 0.15) is 34.5 Å². The lowest BCUT2D eigenvalue weighted by atomic mass is 9.96. The SMILES string of the molecule is COc1cc(C(C)N)ccc1C(=O)c1cccc2cnccc12. The van der Waals surface area contributed by atoms with Gasteiger partial charge in [-0.25, -0.2) is 0 Å². The molecule has 0 saturated carbocycles. The van der Waals surface area contributed by atoms with Gasteiger partial charge in [0.05, 0.1) is 12.7 Å². The van der Waals surface area contributed by atoms with Gasteiger partial charge in [-0.3, -0.25) is 9.78 Å². The van der Waals surface area contributed by atoms with Gasteiger partial charge in [-0.2, -0.15) is 0 Å². The lowest BCUT2D eigenvalue weighted by molar-refractivity contribution is 0.103. The zero-order valence-corrected chi connectivity index (χ0v) is 13.1. The largest absolute Gasteiger partial charge is 0.496 e. The zero-order chi connectivity index (χ0) is 16.4. The van der Waals surface area contributed by atoms with Crippen molar-refractivity contribution in [3.05, 3.63) is 71.5 Å². The molecule has 23 heavy (non-hydrogen) atoms. The second-order valence-electron chi connectivity index (χ2n) is 5.48. The third-order valence-corrected chi connectivity index (χ3v) is 3.92. The Hall–Kier alpha value is -2.72. The molecule has 2 N–H and O–H groups in total. The van der Waals surface area contributed by atoms with Crippen LogP contribution in [0.5, 0.6) is 5.75 Å². The molecule has 1 atom stereocenters. The average Bonchev–Trinajstić information content (AvgIpc) is 2.60. The molecule has 116 valence electrons. The van der Waals surface area contributed by atoms with Crippen LogP contribution in [0.25, 0.3) is 10.8 Å². The molecule has 0 aliphatic carbocycles. The normalized spacial score (nSPS) is 12.1. The molecule has 1 unspecified atom stereocenters. The van der Waals surface area contributed by atoms with Crippen LogP contribution in [0.4, 0.5) is 0 Å². The summed E-state index contributed by atoms with van der Waals surface area (Å²) in [5, 5.41) is 1.82. The van der Waals surface area contributed by atoms with Crippen molar-refractivity contribution in [1.29, 1.82) is 0 Å². The summed E-state index contributed by atoms with van der Waals surface area (Å²) in [6, 6.07) is 12.8. The Balaban J connectivity index is 2.13. The number of ether oxygens (including phenoxy) is 1. The average molecular weight is 306 g/mol. The summed E-state index contributed by atoms with van der Waals surface area (Å²) < 4.78 is 5.40. The van der Waals surface area contributed by atoms with E-state index in [-0.39, 0.29) is 11.8 Å². The molecule has 0 aliphatic rings. The van der Waals surface area contributed by atoms with E-state index in [9.17, 15) is 4.79 Å². The van der Waals surface area contributed by atoms with Crippen LogP contribution in [0, 0.1) is 0 Å². The molecule has 0 saturated heterocycles. The topological polar surface area (TPSA) is 65.2 Å². The number of nitrogens with two attached hydrogens (primary N) is 1. The van der Waals surface area contributed by atoms with Crippen LogP contribution < -0.4 is 10.5 Å². The minimum atomic E-state index is -0.114. The van der Waals surface area contributed by atoms with Gasteiger partial charge in [0.25, 0.3) is 0 Å². The van der Waals surface area contributed by atoms with Crippen LogP contribution in [-0.2, 0) is 0 Å². The maximum atomic E-state index is 13.0. The Bertz CT molecular complexity index is 867. The number of carbonyl (C=O) groups excluding carboxylic acids is 1. The number of carbonyl (C=O) groups is 1. The summed E-state index contributed by atoms with van der Waals surface area (Å²) >= 11 is 0. The summed E-state index contributed by atoms with van der Waals surface area (Å²) in [5.74, 6) is 0.464. The van der Waals surface area contributed by atoms with Gasteiger partial charge in [0, 0.05) is 29.4 Å². The molecule has 3 rings (SSSR count). The van der Waals surface area contributed by atoms with Crippen molar-refractivity contribution < 1.29 is 9.53 Å². The number of aromatic nitrogens is 1. The fraction of sp³-hybridized carbons (Fsp3) is 0.158. The predicted octanol–water partition coefficient (Wildman–Crippen LogP) is 3.49. The van der Waals surface area contributed by atoms with Crippen molar-refractivity contribution >= 4 is 16.6 Å². The number of fused-ring (bicyclic) bond motifs is 1. The standard InChI is InChI=1S/C19H18N2O2/c1-12(20)13-6-7-17(18(10-13)23-2)19(22)16-5-3-4-14-11-21-9-8-15(14)16/h3-12H,20H2,1-2H3. The van der Waals surface area contributed by atoms with Gasteiger partial charge in [-0.1, -0.05) is 24.3 Å². The van der Waals surface area contributed by atoms with E-state index in [1.165, 1.54) is 0 Å². The minimum Gasteiger partial charge on any atom is -0.496 e. The van der Waals surface area contributed by atoms with E-state index in [1.807, 2.05) is 43.3 Å². The lowest BCUT2D eigenvalue weighted by Crippen LogP contribution is -2.08. The van der Waals surface area contributed by atoms with Crippen LogP contribution in [0.15, 0.2) is 54.9 Å². The Morgan fingerprint density at radius 3 is 2.74 bits per heavy atom. The summed E-state index contributed by atoms with van der Waals surface area (Å²) in [7, 11) is 1.56. The van der Waals surface area contributed by atoms with Crippen LogP contribution >= 0.6 is 0 Å². The monoisotopic (exact) mass is 306 g/mol. The Morgan fingerprint density at radius 2 is 2.00 bits per heavy atom. The molecule has 2 aromatic carbocycles. The first-order chi connectivity index (χ1) is 11.1. The molecule has 0 spiro atoms. The second-order valence-corrected chi connectivity index (χ2v) is 5.48. The molecule has 0 aliphatic heterocycles. The van der Waals surface area contributed by atoms with Crippen molar-refractivity contribution in [3.8, 4) is 5.75 Å². The van der Waals surface area contributed by atoms with Crippen LogP contribution in [0.2, 0.25) is 0 Å². The molecule has 1 aromatic heterocycles. The van der Waals surface area contributed by atoms with Gasteiger partial charge in [0.1, 0.15) is 5.75 Å². The number of rotatable bonds is 4. The van der Waals surface area contributed by atoms with Gasteiger partial charge >= 0.3 is 0 Å². The number of hydrogen-bond donors (Lipinski definition) is 1. The fourth-order valence-electron chi connectivity index (χ4n) is 2.64. The molecule has 0 amide bonds. The third-order valence-electron chi connectivity index (χ3n) is 3.92. The van der Waals surface area contributed by atoms with Crippen molar-refractivity contribution in [2.45, 2.75) is 13.0 Å². The quantitative estimate of drug-likeness (QED) is 0.749. The number of pyridine rings is 1. The number of ketones is 1. The fourth-order valence-corrected chi connectivity index (χ4v) is 2.64. The smallest absolute Gasteiger partial charge is 0.197 e. The highest BCUT2D eigenvalue weighted by molar-refractivity contribution is 6.17. The van der Waals surface area contributed by atoms with Gasteiger partial charge in [0.15, 0.2) is 5.78 Å². The van der Waals surface area contributed by atoms with E-state index in [4.69, 9.17) is 10.5 Å². The van der Waals surface area contributed by atoms with Crippen molar-refractivity contribution in [2.24, 2.45) is 5.73 Å². The number of benzene rings is 2. The van der Waals surface area contributed by atoms with E-state index >= 15 is 0 Å². The van der Waals surface area contributed by atoms with Crippen molar-refractivity contribution in [3.63, 3.8) is 0 Å². The van der Waals surface area contributed by atoms with Gasteiger partial charge in [-0.05, 0) is 36.1 Å². The number of hydrogen-bond acceptors (Lipinski definition) is 4. The van der Waals surface area contributed by atoms with Crippen molar-refractivity contribution in [1.82, 2.24) is 4.98 Å². The molecule has 0 fully saturated rings. The first kappa shape index (κ1) is 15.2. The molecule has 0 bridgehead atoms. The van der Waals surface area contributed by atoms with E-state index in [0.717, 1.165) is 16.3 Å². The lowest BCUT2D eigenvalue weighted by Gasteiger charge is -2.13.